The van der Waals surface area contributed by atoms with Crippen molar-refractivity contribution in [3.8, 4) is 5.75 Å². The van der Waals surface area contributed by atoms with Crippen LogP contribution in [0.5, 0.6) is 5.75 Å². The Morgan fingerprint density at radius 2 is 1.66 bits per heavy atom. The van der Waals surface area contributed by atoms with E-state index in [0.29, 0.717) is 16.8 Å². The summed E-state index contributed by atoms with van der Waals surface area (Å²) in [7, 11) is 0. The van der Waals surface area contributed by atoms with E-state index in [2.05, 4.69) is 5.32 Å². The molecule has 1 aliphatic rings. The second kappa shape index (κ2) is 8.67. The number of hydrogen-bond acceptors (Lipinski definition) is 4. The molecule has 6 nitrogen and oxygen atoms in total. The van der Waals surface area contributed by atoms with Crippen LogP contribution in [-0.2, 0) is 6.54 Å². The third-order valence-corrected chi connectivity index (χ3v) is 5.23. The summed E-state index contributed by atoms with van der Waals surface area (Å²) in [5, 5.41) is 2.87. The number of imide groups is 1. The predicted octanol–water partition coefficient (Wildman–Crippen LogP) is 4.83. The Bertz CT molecular complexity index is 1200. The van der Waals surface area contributed by atoms with E-state index in [4.69, 9.17) is 4.74 Å². The fourth-order valence-corrected chi connectivity index (χ4v) is 3.66. The lowest BCUT2D eigenvalue weighted by Crippen LogP contribution is -2.29. The van der Waals surface area contributed by atoms with E-state index in [1.807, 2.05) is 57.2 Å². The third kappa shape index (κ3) is 4.25. The number of rotatable bonds is 6. The first-order chi connectivity index (χ1) is 15.3. The fourth-order valence-electron chi connectivity index (χ4n) is 3.66. The Labute approximate surface area is 186 Å². The molecule has 1 aliphatic heterocycles. The number of carbonyl (C=O) groups excluding carboxylic acids is 3. The maximum Gasteiger partial charge on any atom is 0.261 e. The monoisotopic (exact) mass is 428 g/mol. The number of fused-ring (bicyclic) bond motifs is 1. The van der Waals surface area contributed by atoms with Crippen molar-refractivity contribution in [1.82, 2.24) is 4.90 Å². The smallest absolute Gasteiger partial charge is 0.261 e. The predicted molar refractivity (Wildman–Crippen MR) is 122 cm³/mol. The molecule has 6 heteroatoms. The van der Waals surface area contributed by atoms with Crippen LogP contribution in [0.25, 0.3) is 0 Å². The number of hydrogen-bond donors (Lipinski definition) is 1. The zero-order valence-corrected chi connectivity index (χ0v) is 18.2. The summed E-state index contributed by atoms with van der Waals surface area (Å²) in [6, 6.07) is 19.4. The zero-order chi connectivity index (χ0) is 22.8. The highest BCUT2D eigenvalue weighted by molar-refractivity contribution is 6.22. The van der Waals surface area contributed by atoms with Crippen molar-refractivity contribution in [2.45, 2.75) is 33.4 Å². The molecule has 3 amide bonds. The van der Waals surface area contributed by atoms with Crippen LogP contribution in [0.1, 0.15) is 56.0 Å². The normalized spacial score (nSPS) is 12.8. The minimum absolute atomic E-state index is 0.0583. The van der Waals surface area contributed by atoms with E-state index in [1.165, 1.54) is 11.0 Å². The number of nitrogens with zero attached hydrogens (tertiary/aromatic N) is 1. The Balaban J connectivity index is 1.52. The molecule has 0 saturated carbocycles. The number of anilines is 1. The fraction of sp³-hybridized carbons (Fsp3) is 0.192. The van der Waals surface area contributed by atoms with Crippen molar-refractivity contribution >= 4 is 23.4 Å². The van der Waals surface area contributed by atoms with Crippen LogP contribution >= 0.6 is 0 Å². The first kappa shape index (κ1) is 21.3. The maximum atomic E-state index is 12.9. The van der Waals surface area contributed by atoms with Gasteiger partial charge in [0.1, 0.15) is 5.75 Å². The van der Waals surface area contributed by atoms with Gasteiger partial charge in [0.15, 0.2) is 0 Å². The largest absolute Gasteiger partial charge is 0.491 e. The lowest BCUT2D eigenvalue weighted by atomic mass is 10.0. The summed E-state index contributed by atoms with van der Waals surface area (Å²) in [5.41, 5.74) is 3.25. The summed E-state index contributed by atoms with van der Waals surface area (Å²) in [5.74, 6) is -0.363. The molecule has 0 fully saturated rings. The van der Waals surface area contributed by atoms with Crippen molar-refractivity contribution in [2.75, 3.05) is 5.32 Å². The minimum atomic E-state index is -0.394. The van der Waals surface area contributed by atoms with Crippen molar-refractivity contribution < 1.29 is 19.1 Å². The van der Waals surface area contributed by atoms with Gasteiger partial charge in [0, 0.05) is 11.3 Å². The van der Waals surface area contributed by atoms with Gasteiger partial charge in [-0.3, -0.25) is 19.3 Å². The molecule has 0 radical (unpaired) electrons. The van der Waals surface area contributed by atoms with Gasteiger partial charge in [0.05, 0.1) is 23.8 Å². The van der Waals surface area contributed by atoms with Crippen molar-refractivity contribution in [3.63, 3.8) is 0 Å². The van der Waals surface area contributed by atoms with Crippen LogP contribution in [0.4, 0.5) is 5.69 Å². The summed E-state index contributed by atoms with van der Waals surface area (Å²) in [4.78, 5) is 39.7. The summed E-state index contributed by atoms with van der Waals surface area (Å²) < 4.78 is 5.68. The number of nitrogens with one attached hydrogen (secondary N) is 1. The van der Waals surface area contributed by atoms with Crippen LogP contribution in [0.2, 0.25) is 0 Å². The lowest BCUT2D eigenvalue weighted by molar-refractivity contribution is 0.0642. The first-order valence-corrected chi connectivity index (χ1v) is 10.5. The SMILES string of the molecule is Cc1cc(OC(C)C)ccc1NC(=O)c1ccc2c(c1)C(=O)N(Cc1ccccc1)C2=O. The van der Waals surface area contributed by atoms with Gasteiger partial charge in [-0.05, 0) is 68.3 Å². The number of carbonyl (C=O) groups is 3. The van der Waals surface area contributed by atoms with E-state index >= 15 is 0 Å². The van der Waals surface area contributed by atoms with Gasteiger partial charge in [-0.1, -0.05) is 30.3 Å². The molecule has 0 saturated heterocycles. The maximum absolute atomic E-state index is 12.9. The van der Waals surface area contributed by atoms with Gasteiger partial charge in [-0.15, -0.1) is 0 Å². The zero-order valence-electron chi connectivity index (χ0n) is 18.2. The molecule has 32 heavy (non-hydrogen) atoms. The van der Waals surface area contributed by atoms with Crippen molar-refractivity contribution in [2.24, 2.45) is 0 Å². The molecule has 0 aliphatic carbocycles. The molecular formula is C26H24N2O4. The average molecular weight is 428 g/mol. The average Bonchev–Trinajstić information content (AvgIpc) is 3.00. The molecule has 162 valence electrons. The molecule has 0 atom stereocenters. The minimum Gasteiger partial charge on any atom is -0.491 e. The molecule has 0 unspecified atom stereocenters. The molecule has 4 rings (SSSR count). The highest BCUT2D eigenvalue weighted by Gasteiger charge is 2.36. The molecular weight excluding hydrogens is 404 g/mol. The quantitative estimate of drug-likeness (QED) is 0.571. The summed E-state index contributed by atoms with van der Waals surface area (Å²) >= 11 is 0. The van der Waals surface area contributed by atoms with Crippen LogP contribution < -0.4 is 10.1 Å². The van der Waals surface area contributed by atoms with Gasteiger partial charge in [0.25, 0.3) is 17.7 Å². The standard InChI is InChI=1S/C26H24N2O4/c1-16(2)32-20-10-12-23(17(3)13-20)27-24(29)19-9-11-21-22(14-19)26(31)28(25(21)30)15-18-7-5-4-6-8-18/h4-14,16H,15H2,1-3H3,(H,27,29). The van der Waals surface area contributed by atoms with Gasteiger partial charge in [-0.25, -0.2) is 0 Å². The molecule has 1 heterocycles. The van der Waals surface area contributed by atoms with Gasteiger partial charge in [0.2, 0.25) is 0 Å². The van der Waals surface area contributed by atoms with E-state index < -0.39 is 5.91 Å². The van der Waals surface area contributed by atoms with Gasteiger partial charge in [-0.2, -0.15) is 0 Å². The summed E-state index contributed by atoms with van der Waals surface area (Å²) in [6.45, 7) is 5.98. The van der Waals surface area contributed by atoms with E-state index in [0.717, 1.165) is 16.9 Å². The highest BCUT2D eigenvalue weighted by Crippen LogP contribution is 2.27. The van der Waals surface area contributed by atoms with Crippen molar-refractivity contribution in [3.05, 3.63) is 94.5 Å². The number of benzene rings is 3. The molecule has 1 N–H and O–H groups in total. The van der Waals surface area contributed by atoms with E-state index in [9.17, 15) is 14.4 Å². The number of amides is 3. The lowest BCUT2D eigenvalue weighted by Gasteiger charge is -2.13. The summed E-state index contributed by atoms with van der Waals surface area (Å²) in [6.07, 6.45) is 0.0583. The number of aryl methyl sites for hydroxylation is 1. The topological polar surface area (TPSA) is 75.7 Å². The third-order valence-electron chi connectivity index (χ3n) is 5.23. The van der Waals surface area contributed by atoms with Crippen LogP contribution in [-0.4, -0.2) is 28.7 Å². The Morgan fingerprint density at radius 3 is 2.34 bits per heavy atom. The second-order valence-electron chi connectivity index (χ2n) is 8.04. The molecule has 0 bridgehead atoms. The Kier molecular flexibility index (Phi) is 5.77. The second-order valence-corrected chi connectivity index (χ2v) is 8.04. The molecule has 0 aromatic heterocycles. The molecule has 0 spiro atoms. The van der Waals surface area contributed by atoms with E-state index in [1.54, 1.807) is 24.3 Å². The van der Waals surface area contributed by atoms with E-state index in [-0.39, 0.29) is 30.0 Å². The van der Waals surface area contributed by atoms with Gasteiger partial charge < -0.3 is 10.1 Å². The molecule has 3 aromatic rings. The number of ether oxygens (including phenoxy) is 1. The van der Waals surface area contributed by atoms with Gasteiger partial charge >= 0.3 is 0 Å². The Morgan fingerprint density at radius 1 is 0.938 bits per heavy atom. The van der Waals surface area contributed by atoms with Crippen molar-refractivity contribution in [1.29, 1.82) is 0 Å². The Hall–Kier alpha value is -3.93. The van der Waals surface area contributed by atoms with Crippen LogP contribution in [0, 0.1) is 6.92 Å². The molecule has 3 aromatic carbocycles. The first-order valence-electron chi connectivity index (χ1n) is 10.5. The van der Waals surface area contributed by atoms with Crippen LogP contribution in [0.15, 0.2) is 66.7 Å². The van der Waals surface area contributed by atoms with Crippen LogP contribution in [0.3, 0.4) is 0 Å². The highest BCUT2D eigenvalue weighted by atomic mass is 16.5.